The number of nitrogen functional groups attached to an aromatic ring is 1. The molecule has 19 heavy (non-hydrogen) atoms. The van der Waals surface area contributed by atoms with E-state index in [1.165, 1.54) is 4.31 Å². The molecule has 0 saturated carbocycles. The predicted octanol–water partition coefficient (Wildman–Crippen LogP) is 2.36. The van der Waals surface area contributed by atoms with Crippen LogP contribution in [-0.2, 0) is 10.0 Å². The van der Waals surface area contributed by atoms with Gasteiger partial charge in [-0.3, -0.25) is 0 Å². The Morgan fingerprint density at radius 1 is 1.32 bits per heavy atom. The monoisotopic (exact) mass is 292 g/mol. The van der Waals surface area contributed by atoms with E-state index in [1.54, 1.807) is 13.8 Å². The summed E-state index contributed by atoms with van der Waals surface area (Å²) in [4.78, 5) is -0.589. The van der Waals surface area contributed by atoms with Gasteiger partial charge in [-0.1, -0.05) is 6.92 Å². The van der Waals surface area contributed by atoms with Gasteiger partial charge < -0.3 is 5.73 Å². The van der Waals surface area contributed by atoms with Crippen molar-refractivity contribution in [2.45, 2.75) is 38.1 Å². The van der Waals surface area contributed by atoms with Gasteiger partial charge in [0.1, 0.15) is 16.4 Å². The molecule has 0 heterocycles. The maximum Gasteiger partial charge on any atom is 0.246 e. The molecule has 0 aliphatic carbocycles. The average Bonchev–Trinajstić information content (AvgIpc) is 2.32. The Kier molecular flexibility index (Phi) is 4.86. The van der Waals surface area contributed by atoms with E-state index in [0.717, 1.165) is 12.1 Å². The second kappa shape index (κ2) is 5.83. The number of anilines is 1. The zero-order valence-corrected chi connectivity index (χ0v) is 12.0. The Bertz CT molecular complexity index is 559. The summed E-state index contributed by atoms with van der Waals surface area (Å²) in [5.41, 5.74) is 4.42. The van der Waals surface area contributed by atoms with Gasteiger partial charge in [-0.25, -0.2) is 17.2 Å². The van der Waals surface area contributed by atoms with Crippen molar-refractivity contribution in [1.82, 2.24) is 4.31 Å². The minimum absolute atomic E-state index is 0.261. The normalized spacial score (nSPS) is 12.4. The number of halogens is 2. The summed E-state index contributed by atoms with van der Waals surface area (Å²) in [6.45, 7) is 5.47. The summed E-state index contributed by atoms with van der Waals surface area (Å²) in [6.07, 6.45) is 0.593. The molecule has 1 rings (SSSR count). The van der Waals surface area contributed by atoms with Gasteiger partial charge in [0.15, 0.2) is 5.82 Å². The zero-order valence-electron chi connectivity index (χ0n) is 11.2. The molecule has 1 aromatic carbocycles. The van der Waals surface area contributed by atoms with Crippen molar-refractivity contribution in [3.63, 3.8) is 0 Å². The molecule has 1 aromatic rings. The Hall–Kier alpha value is -1.21. The first kappa shape index (κ1) is 15.8. The van der Waals surface area contributed by atoms with Gasteiger partial charge in [0.05, 0.1) is 0 Å². The van der Waals surface area contributed by atoms with Crippen LogP contribution in [0.3, 0.4) is 0 Å². The number of benzene rings is 1. The Morgan fingerprint density at radius 3 is 2.37 bits per heavy atom. The minimum Gasteiger partial charge on any atom is -0.394 e. The number of rotatable bonds is 5. The number of nitrogens with zero attached hydrogens (tertiary/aromatic N) is 1. The van der Waals surface area contributed by atoms with Crippen LogP contribution in [0, 0.1) is 11.6 Å². The van der Waals surface area contributed by atoms with Crippen LogP contribution in [0.25, 0.3) is 0 Å². The fraction of sp³-hybridized carbons (Fsp3) is 0.500. The van der Waals surface area contributed by atoms with Crippen LogP contribution in [0.5, 0.6) is 0 Å². The highest BCUT2D eigenvalue weighted by Crippen LogP contribution is 2.26. The summed E-state index contributed by atoms with van der Waals surface area (Å²) in [5, 5.41) is 0. The summed E-state index contributed by atoms with van der Waals surface area (Å²) in [7, 11) is -4.02. The molecule has 0 unspecified atom stereocenters. The maximum absolute atomic E-state index is 13.9. The number of nitrogens with two attached hydrogens (primary N) is 1. The molecule has 0 bridgehead atoms. The fourth-order valence-corrected chi connectivity index (χ4v) is 3.56. The van der Waals surface area contributed by atoms with Crippen molar-refractivity contribution in [1.29, 1.82) is 0 Å². The first-order valence-electron chi connectivity index (χ1n) is 5.98. The van der Waals surface area contributed by atoms with Crippen LogP contribution >= 0.6 is 0 Å². The lowest BCUT2D eigenvalue weighted by atomic mass is 10.3. The summed E-state index contributed by atoms with van der Waals surface area (Å²) < 4.78 is 52.8. The van der Waals surface area contributed by atoms with Crippen molar-refractivity contribution in [2.24, 2.45) is 0 Å². The molecule has 0 atom stereocenters. The van der Waals surface area contributed by atoms with Gasteiger partial charge in [0.25, 0.3) is 0 Å². The van der Waals surface area contributed by atoms with Crippen LogP contribution in [0.4, 0.5) is 14.5 Å². The van der Waals surface area contributed by atoms with Crippen LogP contribution in [0.1, 0.15) is 27.2 Å². The van der Waals surface area contributed by atoms with Crippen molar-refractivity contribution in [2.75, 3.05) is 12.3 Å². The average molecular weight is 292 g/mol. The first-order chi connectivity index (χ1) is 8.73. The minimum atomic E-state index is -4.02. The van der Waals surface area contributed by atoms with E-state index in [0.29, 0.717) is 6.42 Å². The summed E-state index contributed by atoms with van der Waals surface area (Å²) in [6, 6.07) is 1.44. The van der Waals surface area contributed by atoms with Gasteiger partial charge in [0.2, 0.25) is 10.0 Å². The lowest BCUT2D eigenvalue weighted by Crippen LogP contribution is -2.38. The van der Waals surface area contributed by atoms with Crippen molar-refractivity contribution >= 4 is 15.7 Å². The maximum atomic E-state index is 13.9. The lowest BCUT2D eigenvalue weighted by molar-refractivity contribution is 0.352. The van der Waals surface area contributed by atoms with E-state index in [1.807, 2.05) is 6.92 Å². The summed E-state index contributed by atoms with van der Waals surface area (Å²) in [5.74, 6) is -2.20. The highest BCUT2D eigenvalue weighted by Gasteiger charge is 2.30. The Balaban J connectivity index is 3.38. The molecule has 0 spiro atoms. The van der Waals surface area contributed by atoms with Gasteiger partial charge in [-0.05, 0) is 32.4 Å². The quantitative estimate of drug-likeness (QED) is 0.847. The SMILES string of the molecule is CCCN(C(C)C)S(=O)(=O)c1ccc(F)c(N)c1F. The van der Waals surface area contributed by atoms with E-state index in [4.69, 9.17) is 5.73 Å². The Labute approximate surface area is 112 Å². The van der Waals surface area contributed by atoms with Crippen molar-refractivity contribution < 1.29 is 17.2 Å². The molecule has 0 aromatic heterocycles. The molecule has 0 amide bonds. The molecule has 0 fully saturated rings. The molecule has 0 radical (unpaired) electrons. The van der Waals surface area contributed by atoms with Crippen LogP contribution in [0.15, 0.2) is 17.0 Å². The third-order valence-corrected chi connectivity index (χ3v) is 4.79. The van der Waals surface area contributed by atoms with E-state index < -0.39 is 32.2 Å². The molecule has 0 aliphatic heterocycles. The smallest absolute Gasteiger partial charge is 0.246 e. The molecule has 4 nitrogen and oxygen atoms in total. The molecule has 7 heteroatoms. The van der Waals surface area contributed by atoms with Crippen LogP contribution in [0.2, 0.25) is 0 Å². The molecule has 0 aliphatic rings. The predicted molar refractivity (Wildman–Crippen MR) is 70.1 cm³/mol. The van der Waals surface area contributed by atoms with Gasteiger partial charge >= 0.3 is 0 Å². The second-order valence-electron chi connectivity index (χ2n) is 4.48. The van der Waals surface area contributed by atoms with Gasteiger partial charge in [0, 0.05) is 12.6 Å². The van der Waals surface area contributed by atoms with E-state index in [9.17, 15) is 17.2 Å². The zero-order chi connectivity index (χ0) is 14.8. The standard InChI is InChI=1S/C12H18F2N2O2S/c1-4-7-16(8(2)3)19(17,18)10-6-5-9(13)12(15)11(10)14/h5-6,8H,4,7,15H2,1-3H3. The van der Waals surface area contributed by atoms with E-state index in [-0.39, 0.29) is 12.6 Å². The Morgan fingerprint density at radius 2 is 1.89 bits per heavy atom. The topological polar surface area (TPSA) is 63.4 Å². The first-order valence-corrected chi connectivity index (χ1v) is 7.42. The number of hydrogen-bond donors (Lipinski definition) is 1. The third-order valence-electron chi connectivity index (χ3n) is 2.70. The largest absolute Gasteiger partial charge is 0.394 e. The molecule has 0 saturated heterocycles. The molecule has 2 N–H and O–H groups in total. The second-order valence-corrected chi connectivity index (χ2v) is 6.34. The molecular formula is C12H18F2N2O2S. The van der Waals surface area contributed by atoms with Crippen molar-refractivity contribution in [3.8, 4) is 0 Å². The fourth-order valence-electron chi connectivity index (χ4n) is 1.75. The van der Waals surface area contributed by atoms with Crippen molar-refractivity contribution in [3.05, 3.63) is 23.8 Å². The third kappa shape index (κ3) is 3.03. The van der Waals surface area contributed by atoms with E-state index in [2.05, 4.69) is 0 Å². The number of sulfonamides is 1. The van der Waals surface area contributed by atoms with E-state index >= 15 is 0 Å². The van der Waals surface area contributed by atoms with Gasteiger partial charge in [-0.2, -0.15) is 4.31 Å². The summed E-state index contributed by atoms with van der Waals surface area (Å²) >= 11 is 0. The van der Waals surface area contributed by atoms with Crippen LogP contribution in [-0.4, -0.2) is 25.3 Å². The van der Waals surface area contributed by atoms with Crippen LogP contribution < -0.4 is 5.73 Å². The number of hydrogen-bond acceptors (Lipinski definition) is 3. The van der Waals surface area contributed by atoms with Gasteiger partial charge in [-0.15, -0.1) is 0 Å². The highest BCUT2D eigenvalue weighted by atomic mass is 32.2. The molecular weight excluding hydrogens is 274 g/mol. The molecule has 108 valence electrons. The highest BCUT2D eigenvalue weighted by molar-refractivity contribution is 7.89. The lowest BCUT2D eigenvalue weighted by Gasteiger charge is -2.25.